The van der Waals surface area contributed by atoms with Gasteiger partial charge in [0.1, 0.15) is 5.60 Å². The molecule has 2 fully saturated rings. The molecule has 2 heterocycles. The highest BCUT2D eigenvalue weighted by Crippen LogP contribution is 2.17. The molecule has 1 atom stereocenters. The smallest absolute Gasteiger partial charge is 0.410 e. The standard InChI is InChI=1S/C17H31N3O4/c1-5-23-14-7-10-19(11-8-14)15(21)18-13-6-9-20(12-13)16(22)24-17(2,3)4/h13-14H,5-12H2,1-4H3,(H,18,21)/t13-/m0/s1. The number of piperidine rings is 1. The van der Waals surface area contributed by atoms with Crippen molar-refractivity contribution in [3.63, 3.8) is 0 Å². The van der Waals surface area contributed by atoms with E-state index in [1.165, 1.54) is 0 Å². The summed E-state index contributed by atoms with van der Waals surface area (Å²) < 4.78 is 11.0. The quantitative estimate of drug-likeness (QED) is 0.854. The van der Waals surface area contributed by atoms with Crippen LogP contribution in [0.2, 0.25) is 0 Å². The maximum atomic E-state index is 12.4. The molecule has 0 unspecified atom stereocenters. The van der Waals surface area contributed by atoms with Gasteiger partial charge in [0.25, 0.3) is 0 Å². The van der Waals surface area contributed by atoms with E-state index in [0.717, 1.165) is 39.0 Å². The van der Waals surface area contributed by atoms with Crippen molar-refractivity contribution in [3.8, 4) is 0 Å². The van der Waals surface area contributed by atoms with Crippen LogP contribution in [-0.2, 0) is 9.47 Å². The van der Waals surface area contributed by atoms with E-state index in [-0.39, 0.29) is 24.3 Å². The molecular formula is C17H31N3O4. The van der Waals surface area contributed by atoms with Gasteiger partial charge in [-0.05, 0) is 47.0 Å². The number of carbonyl (C=O) groups excluding carboxylic acids is 2. The zero-order valence-corrected chi connectivity index (χ0v) is 15.3. The Hall–Kier alpha value is -1.50. The van der Waals surface area contributed by atoms with E-state index < -0.39 is 5.60 Å². The van der Waals surface area contributed by atoms with Crippen molar-refractivity contribution in [2.45, 2.75) is 64.7 Å². The Bertz CT molecular complexity index is 442. The van der Waals surface area contributed by atoms with Crippen molar-refractivity contribution in [2.24, 2.45) is 0 Å². The number of likely N-dealkylation sites (tertiary alicyclic amines) is 2. The number of rotatable bonds is 3. The molecule has 2 rings (SSSR count). The topological polar surface area (TPSA) is 71.1 Å². The summed E-state index contributed by atoms with van der Waals surface area (Å²) in [5, 5.41) is 3.04. The van der Waals surface area contributed by atoms with Gasteiger partial charge in [0, 0.05) is 38.8 Å². The molecule has 0 radical (unpaired) electrons. The van der Waals surface area contributed by atoms with Gasteiger partial charge in [0.05, 0.1) is 6.10 Å². The summed E-state index contributed by atoms with van der Waals surface area (Å²) in [6.07, 6.45) is 2.50. The molecule has 0 saturated carbocycles. The van der Waals surface area contributed by atoms with Gasteiger partial charge in [-0.15, -0.1) is 0 Å². The first-order valence-electron chi connectivity index (χ1n) is 8.93. The highest BCUT2D eigenvalue weighted by molar-refractivity contribution is 5.75. The minimum absolute atomic E-state index is 0.00497. The van der Waals surface area contributed by atoms with Gasteiger partial charge < -0.3 is 24.6 Å². The number of nitrogens with one attached hydrogen (secondary N) is 1. The molecule has 0 aromatic rings. The Morgan fingerprint density at radius 2 is 1.71 bits per heavy atom. The lowest BCUT2D eigenvalue weighted by molar-refractivity contribution is 0.0214. The molecule has 0 bridgehead atoms. The zero-order valence-electron chi connectivity index (χ0n) is 15.3. The number of hydrogen-bond acceptors (Lipinski definition) is 4. The van der Waals surface area contributed by atoms with Gasteiger partial charge in [0.2, 0.25) is 0 Å². The van der Waals surface area contributed by atoms with Crippen LogP contribution >= 0.6 is 0 Å². The summed E-state index contributed by atoms with van der Waals surface area (Å²) in [6, 6.07) is -0.0457. The Morgan fingerprint density at radius 1 is 1.08 bits per heavy atom. The number of hydrogen-bond donors (Lipinski definition) is 1. The second-order valence-electron chi connectivity index (χ2n) is 7.50. The molecule has 0 aromatic carbocycles. The fourth-order valence-corrected chi connectivity index (χ4v) is 3.10. The summed E-state index contributed by atoms with van der Waals surface area (Å²) in [5.41, 5.74) is -0.497. The molecule has 2 aliphatic heterocycles. The van der Waals surface area contributed by atoms with E-state index in [1.807, 2.05) is 32.6 Å². The minimum Gasteiger partial charge on any atom is -0.444 e. The second-order valence-corrected chi connectivity index (χ2v) is 7.50. The largest absolute Gasteiger partial charge is 0.444 e. The Morgan fingerprint density at radius 3 is 2.29 bits per heavy atom. The molecule has 0 aliphatic carbocycles. The third-order valence-electron chi connectivity index (χ3n) is 4.30. The molecule has 7 heteroatoms. The van der Waals surface area contributed by atoms with Gasteiger partial charge in [-0.2, -0.15) is 0 Å². The normalized spacial score (nSPS) is 22.6. The van der Waals surface area contributed by atoms with Gasteiger partial charge in [0.15, 0.2) is 0 Å². The third kappa shape index (κ3) is 5.54. The van der Waals surface area contributed by atoms with Gasteiger partial charge in [-0.25, -0.2) is 9.59 Å². The van der Waals surface area contributed by atoms with E-state index in [1.54, 1.807) is 4.90 Å². The molecule has 1 N–H and O–H groups in total. The van der Waals surface area contributed by atoms with Crippen LogP contribution < -0.4 is 5.32 Å². The summed E-state index contributed by atoms with van der Waals surface area (Å²) in [6.45, 7) is 10.8. The average molecular weight is 341 g/mol. The van der Waals surface area contributed by atoms with Crippen LogP contribution in [0, 0.1) is 0 Å². The van der Waals surface area contributed by atoms with Crippen molar-refractivity contribution >= 4 is 12.1 Å². The number of urea groups is 1. The third-order valence-corrected chi connectivity index (χ3v) is 4.30. The molecule has 3 amide bonds. The maximum absolute atomic E-state index is 12.4. The fourth-order valence-electron chi connectivity index (χ4n) is 3.10. The van der Waals surface area contributed by atoms with E-state index in [9.17, 15) is 9.59 Å². The van der Waals surface area contributed by atoms with Crippen LogP contribution in [0.15, 0.2) is 0 Å². The summed E-state index contributed by atoms with van der Waals surface area (Å²) in [7, 11) is 0. The Labute approximate surface area is 144 Å². The number of nitrogens with zero attached hydrogens (tertiary/aromatic N) is 2. The van der Waals surface area contributed by atoms with E-state index in [2.05, 4.69) is 5.32 Å². The number of amides is 3. The lowest BCUT2D eigenvalue weighted by Crippen LogP contribution is -2.49. The highest BCUT2D eigenvalue weighted by Gasteiger charge is 2.32. The highest BCUT2D eigenvalue weighted by atomic mass is 16.6. The van der Waals surface area contributed by atoms with E-state index in [4.69, 9.17) is 9.47 Å². The zero-order chi connectivity index (χ0) is 17.7. The number of carbonyl (C=O) groups is 2. The Kier molecular flexibility index (Phi) is 6.32. The summed E-state index contributed by atoms with van der Waals surface area (Å²) >= 11 is 0. The number of ether oxygens (including phenoxy) is 2. The molecule has 138 valence electrons. The van der Waals surface area contributed by atoms with Crippen LogP contribution in [-0.4, -0.2) is 72.5 Å². The maximum Gasteiger partial charge on any atom is 0.410 e. The van der Waals surface area contributed by atoms with Crippen molar-refractivity contribution in [1.82, 2.24) is 15.1 Å². The van der Waals surface area contributed by atoms with Crippen LogP contribution in [0.4, 0.5) is 9.59 Å². The van der Waals surface area contributed by atoms with Crippen LogP contribution in [0.3, 0.4) is 0 Å². The van der Waals surface area contributed by atoms with Gasteiger partial charge >= 0.3 is 12.1 Å². The molecule has 2 saturated heterocycles. The van der Waals surface area contributed by atoms with Crippen LogP contribution in [0.1, 0.15) is 47.0 Å². The van der Waals surface area contributed by atoms with Crippen LogP contribution in [0.5, 0.6) is 0 Å². The van der Waals surface area contributed by atoms with E-state index in [0.29, 0.717) is 13.1 Å². The molecule has 7 nitrogen and oxygen atoms in total. The predicted molar refractivity (Wildman–Crippen MR) is 91.0 cm³/mol. The minimum atomic E-state index is -0.497. The summed E-state index contributed by atoms with van der Waals surface area (Å²) in [5.74, 6) is 0. The monoisotopic (exact) mass is 341 g/mol. The van der Waals surface area contributed by atoms with Crippen molar-refractivity contribution in [1.29, 1.82) is 0 Å². The Balaban J connectivity index is 1.73. The predicted octanol–water partition coefficient (Wildman–Crippen LogP) is 2.21. The first kappa shape index (κ1) is 18.8. The SMILES string of the molecule is CCOC1CCN(C(=O)N[C@H]2CCN(C(=O)OC(C)(C)C)C2)CC1. The molecular weight excluding hydrogens is 310 g/mol. The lowest BCUT2D eigenvalue weighted by atomic mass is 10.1. The molecule has 24 heavy (non-hydrogen) atoms. The van der Waals surface area contributed by atoms with Gasteiger partial charge in [-0.3, -0.25) is 0 Å². The molecule has 0 spiro atoms. The lowest BCUT2D eigenvalue weighted by Gasteiger charge is -2.32. The first-order chi connectivity index (χ1) is 11.3. The van der Waals surface area contributed by atoms with Crippen molar-refractivity contribution < 1.29 is 19.1 Å². The first-order valence-corrected chi connectivity index (χ1v) is 8.93. The van der Waals surface area contributed by atoms with Crippen molar-refractivity contribution in [3.05, 3.63) is 0 Å². The average Bonchev–Trinajstić information content (AvgIpc) is 2.95. The second kappa shape index (κ2) is 8.05. The van der Waals surface area contributed by atoms with E-state index >= 15 is 0 Å². The molecule has 2 aliphatic rings. The van der Waals surface area contributed by atoms with Crippen LogP contribution in [0.25, 0.3) is 0 Å². The van der Waals surface area contributed by atoms with Gasteiger partial charge in [-0.1, -0.05) is 0 Å². The summed E-state index contributed by atoms with van der Waals surface area (Å²) in [4.78, 5) is 27.9. The fraction of sp³-hybridized carbons (Fsp3) is 0.882. The molecule has 0 aromatic heterocycles. The van der Waals surface area contributed by atoms with Crippen molar-refractivity contribution in [2.75, 3.05) is 32.8 Å².